The summed E-state index contributed by atoms with van der Waals surface area (Å²) in [7, 11) is 3.23. The molecule has 0 N–H and O–H groups in total. The van der Waals surface area contributed by atoms with E-state index in [-0.39, 0.29) is 5.91 Å². The Bertz CT molecular complexity index is 873. The van der Waals surface area contributed by atoms with Gasteiger partial charge in [-0.15, -0.1) is 0 Å². The molecule has 2 aromatic carbocycles. The van der Waals surface area contributed by atoms with Crippen LogP contribution in [0.2, 0.25) is 0 Å². The molecule has 0 saturated carbocycles. The summed E-state index contributed by atoms with van der Waals surface area (Å²) in [4.78, 5) is 14.6. The number of amides is 1. The lowest BCUT2D eigenvalue weighted by molar-refractivity contribution is -0.227. The lowest BCUT2D eigenvalue weighted by Gasteiger charge is -2.44. The van der Waals surface area contributed by atoms with Crippen molar-refractivity contribution in [3.8, 4) is 17.2 Å². The molecule has 29 heavy (non-hydrogen) atoms. The summed E-state index contributed by atoms with van der Waals surface area (Å²) in [6.45, 7) is 1.85. The Balaban J connectivity index is 1.31. The van der Waals surface area contributed by atoms with Crippen LogP contribution in [0.25, 0.3) is 0 Å². The normalized spacial score (nSPS) is 17.4. The van der Waals surface area contributed by atoms with E-state index in [4.69, 9.17) is 18.9 Å². The molecule has 1 fully saturated rings. The van der Waals surface area contributed by atoms with E-state index in [0.29, 0.717) is 56.9 Å². The third kappa shape index (κ3) is 4.17. The SMILES string of the molecule is COc1ccc(CCC(=O)N2CCC3(CC2)OCc2ccccc2O3)cc1OC. The third-order valence-corrected chi connectivity index (χ3v) is 5.71. The molecule has 6 heteroatoms. The van der Waals surface area contributed by atoms with Crippen LogP contribution in [0.3, 0.4) is 0 Å². The molecule has 0 atom stereocenters. The summed E-state index contributed by atoms with van der Waals surface area (Å²) in [5.41, 5.74) is 2.13. The molecular weight excluding hydrogens is 370 g/mol. The molecule has 2 aromatic rings. The van der Waals surface area contributed by atoms with Gasteiger partial charge in [0.1, 0.15) is 5.75 Å². The van der Waals surface area contributed by atoms with Crippen molar-refractivity contribution in [3.63, 3.8) is 0 Å². The van der Waals surface area contributed by atoms with Gasteiger partial charge in [0.05, 0.1) is 20.8 Å². The number of carbonyl (C=O) groups is 1. The van der Waals surface area contributed by atoms with Crippen LogP contribution < -0.4 is 14.2 Å². The first kappa shape index (κ1) is 19.6. The van der Waals surface area contributed by atoms with Crippen molar-refractivity contribution in [3.05, 3.63) is 53.6 Å². The van der Waals surface area contributed by atoms with Crippen LogP contribution in [0.5, 0.6) is 17.2 Å². The first-order chi connectivity index (χ1) is 14.1. The van der Waals surface area contributed by atoms with Crippen LogP contribution in [0.1, 0.15) is 30.4 Å². The van der Waals surface area contributed by atoms with Gasteiger partial charge in [0.2, 0.25) is 11.7 Å². The fraction of sp³-hybridized carbons (Fsp3) is 0.435. The molecule has 2 heterocycles. The highest BCUT2D eigenvalue weighted by Crippen LogP contribution is 2.37. The second-order valence-corrected chi connectivity index (χ2v) is 7.48. The number of carbonyl (C=O) groups excluding carboxylic acids is 1. The fourth-order valence-electron chi connectivity index (χ4n) is 3.95. The van der Waals surface area contributed by atoms with E-state index in [1.165, 1.54) is 0 Å². The van der Waals surface area contributed by atoms with Crippen molar-refractivity contribution in [2.45, 2.75) is 38.1 Å². The number of ether oxygens (including phenoxy) is 4. The standard InChI is InChI=1S/C23H27NO5/c1-26-20-9-7-17(15-21(20)27-2)8-10-22(25)24-13-11-23(12-14-24)28-16-18-5-3-4-6-19(18)29-23/h3-7,9,15H,8,10-14,16H2,1-2H3. The second kappa shape index (κ2) is 8.33. The van der Waals surface area contributed by atoms with Crippen LogP contribution in [0.4, 0.5) is 0 Å². The number of nitrogens with zero attached hydrogens (tertiary/aromatic N) is 1. The van der Waals surface area contributed by atoms with E-state index < -0.39 is 5.79 Å². The highest BCUT2D eigenvalue weighted by atomic mass is 16.7. The molecule has 0 radical (unpaired) electrons. The molecule has 2 aliphatic heterocycles. The number of benzene rings is 2. The van der Waals surface area contributed by atoms with Gasteiger partial charge in [-0.1, -0.05) is 24.3 Å². The van der Waals surface area contributed by atoms with Gasteiger partial charge in [-0.05, 0) is 30.2 Å². The van der Waals surface area contributed by atoms with Gasteiger partial charge in [0.25, 0.3) is 0 Å². The van der Waals surface area contributed by atoms with Gasteiger partial charge in [-0.25, -0.2) is 0 Å². The molecule has 1 spiro atoms. The minimum absolute atomic E-state index is 0.158. The highest BCUT2D eigenvalue weighted by Gasteiger charge is 2.41. The molecule has 0 aliphatic carbocycles. The molecule has 1 saturated heterocycles. The predicted octanol–water partition coefficient (Wildman–Crippen LogP) is 3.56. The number of hydrogen-bond donors (Lipinski definition) is 0. The Morgan fingerprint density at radius 2 is 1.83 bits per heavy atom. The zero-order valence-corrected chi connectivity index (χ0v) is 17.0. The van der Waals surface area contributed by atoms with E-state index >= 15 is 0 Å². The predicted molar refractivity (Wildman–Crippen MR) is 108 cm³/mol. The van der Waals surface area contributed by atoms with Crippen molar-refractivity contribution in [1.82, 2.24) is 4.90 Å². The largest absolute Gasteiger partial charge is 0.493 e. The molecule has 6 nitrogen and oxygen atoms in total. The fourth-order valence-corrected chi connectivity index (χ4v) is 3.95. The monoisotopic (exact) mass is 397 g/mol. The Morgan fingerprint density at radius 1 is 1.07 bits per heavy atom. The van der Waals surface area contributed by atoms with E-state index in [1.807, 2.05) is 47.4 Å². The van der Waals surface area contributed by atoms with Crippen molar-refractivity contribution in [2.24, 2.45) is 0 Å². The number of hydrogen-bond acceptors (Lipinski definition) is 5. The maximum absolute atomic E-state index is 12.7. The maximum Gasteiger partial charge on any atom is 0.222 e. The molecule has 1 amide bonds. The van der Waals surface area contributed by atoms with Crippen molar-refractivity contribution >= 4 is 5.91 Å². The van der Waals surface area contributed by atoms with Crippen molar-refractivity contribution < 1.29 is 23.7 Å². The van der Waals surface area contributed by atoms with Crippen molar-refractivity contribution in [1.29, 1.82) is 0 Å². The number of aryl methyl sites for hydroxylation is 1. The van der Waals surface area contributed by atoms with Gasteiger partial charge in [0, 0.05) is 37.9 Å². The number of fused-ring (bicyclic) bond motifs is 1. The Morgan fingerprint density at radius 3 is 2.59 bits per heavy atom. The maximum atomic E-state index is 12.7. The van der Waals surface area contributed by atoms with E-state index in [0.717, 1.165) is 16.9 Å². The van der Waals surface area contributed by atoms with E-state index in [9.17, 15) is 4.79 Å². The Kier molecular flexibility index (Phi) is 5.62. The zero-order valence-electron chi connectivity index (χ0n) is 17.0. The summed E-state index contributed by atoms with van der Waals surface area (Å²) >= 11 is 0. The summed E-state index contributed by atoms with van der Waals surface area (Å²) in [6, 6.07) is 13.8. The molecule has 0 unspecified atom stereocenters. The van der Waals surface area contributed by atoms with Gasteiger partial charge < -0.3 is 23.8 Å². The second-order valence-electron chi connectivity index (χ2n) is 7.48. The Hall–Kier alpha value is -2.73. The average molecular weight is 397 g/mol. The van der Waals surface area contributed by atoms with Crippen LogP contribution in [0, 0.1) is 0 Å². The van der Waals surface area contributed by atoms with Gasteiger partial charge >= 0.3 is 0 Å². The summed E-state index contributed by atoms with van der Waals surface area (Å²) in [6.07, 6.45) is 2.50. The average Bonchev–Trinajstić information content (AvgIpc) is 2.77. The van der Waals surface area contributed by atoms with Gasteiger partial charge in [-0.3, -0.25) is 4.79 Å². The highest BCUT2D eigenvalue weighted by molar-refractivity contribution is 5.76. The van der Waals surface area contributed by atoms with E-state index in [1.54, 1.807) is 14.2 Å². The van der Waals surface area contributed by atoms with Crippen LogP contribution in [-0.2, 0) is 22.6 Å². The third-order valence-electron chi connectivity index (χ3n) is 5.71. The number of likely N-dealkylation sites (tertiary alicyclic amines) is 1. The first-order valence-electron chi connectivity index (χ1n) is 10.0. The summed E-state index contributed by atoms with van der Waals surface area (Å²) in [5, 5.41) is 0. The minimum atomic E-state index is -0.603. The smallest absolute Gasteiger partial charge is 0.222 e. The topological polar surface area (TPSA) is 57.2 Å². The molecule has 154 valence electrons. The Labute approximate surface area is 171 Å². The number of rotatable bonds is 5. The number of piperidine rings is 1. The molecular formula is C23H27NO5. The van der Waals surface area contributed by atoms with Crippen LogP contribution in [-0.4, -0.2) is 43.9 Å². The molecule has 4 rings (SSSR count). The zero-order chi connectivity index (χ0) is 20.3. The van der Waals surface area contributed by atoms with Crippen LogP contribution >= 0.6 is 0 Å². The summed E-state index contributed by atoms with van der Waals surface area (Å²) in [5.74, 6) is 1.83. The molecule has 0 aromatic heterocycles. The van der Waals surface area contributed by atoms with E-state index in [2.05, 4.69) is 0 Å². The summed E-state index contributed by atoms with van der Waals surface area (Å²) < 4.78 is 22.8. The van der Waals surface area contributed by atoms with Crippen molar-refractivity contribution in [2.75, 3.05) is 27.3 Å². The van der Waals surface area contributed by atoms with Gasteiger partial charge in [-0.2, -0.15) is 0 Å². The molecule has 0 bridgehead atoms. The lowest BCUT2D eigenvalue weighted by atomic mass is 10.0. The quantitative estimate of drug-likeness (QED) is 0.772. The first-order valence-corrected chi connectivity index (χ1v) is 10.0. The van der Waals surface area contributed by atoms with Crippen LogP contribution in [0.15, 0.2) is 42.5 Å². The lowest BCUT2D eigenvalue weighted by Crippen LogP contribution is -2.52. The molecule has 2 aliphatic rings. The minimum Gasteiger partial charge on any atom is -0.493 e. The number of methoxy groups -OCH3 is 2. The number of para-hydroxylation sites is 1. The van der Waals surface area contributed by atoms with Gasteiger partial charge in [0.15, 0.2) is 11.5 Å².